The number of thioether (sulfide) groups is 1. The molecule has 3 atom stereocenters. The highest BCUT2D eigenvalue weighted by atomic mass is 79.9. The van der Waals surface area contributed by atoms with E-state index < -0.39 is 33.6 Å². The number of amides is 1. The Morgan fingerprint density at radius 2 is 2.35 bits per heavy atom. The highest BCUT2D eigenvalue weighted by molar-refractivity contribution is 9.10. The third-order valence-electron chi connectivity index (χ3n) is 4.44. The van der Waals surface area contributed by atoms with E-state index >= 15 is 0 Å². The van der Waals surface area contributed by atoms with Gasteiger partial charge in [0.15, 0.2) is 10.4 Å². The van der Waals surface area contributed by atoms with Crippen molar-refractivity contribution in [2.45, 2.75) is 35.9 Å². The summed E-state index contributed by atoms with van der Waals surface area (Å²) in [5, 5.41) is 14.6. The zero-order chi connectivity index (χ0) is 18.6. The van der Waals surface area contributed by atoms with Crippen molar-refractivity contribution in [2.24, 2.45) is 0 Å². The van der Waals surface area contributed by atoms with Crippen molar-refractivity contribution in [3.8, 4) is 0 Å². The molecule has 0 aromatic carbocycles. The van der Waals surface area contributed by atoms with Crippen molar-refractivity contribution in [2.75, 3.05) is 6.61 Å². The molecule has 26 heavy (non-hydrogen) atoms. The van der Waals surface area contributed by atoms with E-state index in [0.29, 0.717) is 25.5 Å². The zero-order valence-corrected chi connectivity index (χ0v) is 15.9. The van der Waals surface area contributed by atoms with Gasteiger partial charge in [-0.25, -0.2) is 4.79 Å². The number of nitrogens with zero attached hydrogens (tertiary/aromatic N) is 3. The lowest BCUT2D eigenvalue weighted by atomic mass is 9.88. The molecule has 138 valence electrons. The Kier molecular flexibility index (Phi) is 4.12. The number of hydrogen-bond acceptors (Lipinski definition) is 7. The molecule has 4 rings (SSSR count). The Labute approximate surface area is 160 Å². The van der Waals surface area contributed by atoms with Crippen molar-refractivity contribution < 1.29 is 29.0 Å². The molecular formula is C15H14BrN3O6S. The van der Waals surface area contributed by atoms with Gasteiger partial charge in [0.05, 0.1) is 25.5 Å². The average molecular weight is 444 g/mol. The molecule has 1 aromatic rings. The molecule has 1 N–H and O–H groups in total. The summed E-state index contributed by atoms with van der Waals surface area (Å²) in [5.41, 5.74) is 1.17. The minimum Gasteiger partial charge on any atom is -0.477 e. The van der Waals surface area contributed by atoms with E-state index in [4.69, 9.17) is 9.47 Å². The highest BCUT2D eigenvalue weighted by Gasteiger charge is 2.69. The van der Waals surface area contributed by atoms with Crippen LogP contribution in [0.15, 0.2) is 17.2 Å². The molecule has 0 radical (unpaired) electrons. The third-order valence-corrected chi connectivity index (χ3v) is 7.13. The first-order chi connectivity index (χ1) is 12.3. The lowest BCUT2D eigenvalue weighted by Gasteiger charge is -2.51. The fourth-order valence-electron chi connectivity index (χ4n) is 3.27. The number of fused-ring (bicyclic) bond motifs is 2. The Bertz CT molecular complexity index is 831. The van der Waals surface area contributed by atoms with Gasteiger partial charge in [-0.1, -0.05) is 15.9 Å². The van der Waals surface area contributed by atoms with Gasteiger partial charge in [-0.05, 0) is 6.07 Å². The van der Waals surface area contributed by atoms with Gasteiger partial charge in [0.2, 0.25) is 0 Å². The molecule has 9 nitrogen and oxygen atoms in total. The lowest BCUT2D eigenvalue weighted by Crippen LogP contribution is -2.70. The number of aliphatic carboxylic acids is 1. The van der Waals surface area contributed by atoms with E-state index in [1.807, 2.05) is 0 Å². The predicted molar refractivity (Wildman–Crippen MR) is 92.0 cm³/mol. The second-order valence-electron chi connectivity index (χ2n) is 6.07. The number of carbonyl (C=O) groups is 3. The summed E-state index contributed by atoms with van der Waals surface area (Å²) in [6.07, 6.45) is -0.985. The van der Waals surface area contributed by atoms with Crippen LogP contribution >= 0.6 is 27.7 Å². The van der Waals surface area contributed by atoms with E-state index in [-0.39, 0.29) is 5.70 Å². The summed E-state index contributed by atoms with van der Waals surface area (Å²) in [5.74, 6) is -2.21. The van der Waals surface area contributed by atoms with Crippen LogP contribution < -0.4 is 0 Å². The number of aromatic nitrogens is 2. The summed E-state index contributed by atoms with van der Waals surface area (Å²) < 4.78 is 11.3. The fourth-order valence-corrected chi connectivity index (χ4v) is 5.54. The number of ether oxygens (including phenoxy) is 2. The van der Waals surface area contributed by atoms with Gasteiger partial charge in [-0.3, -0.25) is 19.2 Å². The number of carboxylic acid groups (broad SMARTS) is 1. The van der Waals surface area contributed by atoms with Gasteiger partial charge in [0, 0.05) is 12.3 Å². The number of rotatable bonds is 4. The van der Waals surface area contributed by atoms with Gasteiger partial charge >= 0.3 is 11.9 Å². The van der Waals surface area contributed by atoms with Crippen molar-refractivity contribution in [3.05, 3.63) is 28.6 Å². The average Bonchev–Trinajstić information content (AvgIpc) is 3.21. The van der Waals surface area contributed by atoms with Crippen molar-refractivity contribution in [1.29, 1.82) is 0 Å². The van der Waals surface area contributed by atoms with Crippen molar-refractivity contribution in [3.63, 3.8) is 0 Å². The summed E-state index contributed by atoms with van der Waals surface area (Å²) >= 11 is 4.63. The number of carbonyl (C=O) groups excluding carboxylic acids is 2. The van der Waals surface area contributed by atoms with Crippen LogP contribution in [0.4, 0.5) is 0 Å². The molecule has 0 aliphatic carbocycles. The minimum absolute atomic E-state index is 0.0841. The molecule has 3 aliphatic heterocycles. The molecular weight excluding hydrogens is 430 g/mol. The standard InChI is InChI=1S/C15H14BrN3O6S/c1-7(20)25-11(9-4-8-5-24-3-2-18(8)17-9)15(16)13(23)19-10(12(21)22)6-26-14(15)19/h4,6,11,14H,2-3,5H2,1H3,(H,21,22)/t11?,14-,15?/m1/s1. The fraction of sp³-hybridized carbons (Fsp3) is 0.467. The molecule has 0 saturated carbocycles. The van der Waals surface area contributed by atoms with Gasteiger partial charge in [-0.15, -0.1) is 11.8 Å². The topological polar surface area (TPSA) is 111 Å². The first-order valence-corrected chi connectivity index (χ1v) is 9.50. The van der Waals surface area contributed by atoms with Crippen LogP contribution in [0.3, 0.4) is 0 Å². The number of hydrogen-bond donors (Lipinski definition) is 1. The Balaban J connectivity index is 1.70. The van der Waals surface area contributed by atoms with Crippen molar-refractivity contribution >= 4 is 45.5 Å². The Hall–Kier alpha value is -1.85. The molecule has 3 aliphatic rings. The predicted octanol–water partition coefficient (Wildman–Crippen LogP) is 0.992. The van der Waals surface area contributed by atoms with Gasteiger partial charge < -0.3 is 14.6 Å². The second-order valence-corrected chi connectivity index (χ2v) is 8.33. The van der Waals surface area contributed by atoms with Gasteiger partial charge in [-0.2, -0.15) is 5.10 Å². The minimum atomic E-state index is -1.29. The number of halogens is 1. The van der Waals surface area contributed by atoms with E-state index in [2.05, 4.69) is 21.0 Å². The maximum Gasteiger partial charge on any atom is 0.353 e. The van der Waals surface area contributed by atoms with Crippen LogP contribution in [0.25, 0.3) is 0 Å². The van der Waals surface area contributed by atoms with Crippen LogP contribution in [0.1, 0.15) is 24.4 Å². The molecule has 1 aromatic heterocycles. The number of alkyl halides is 1. The smallest absolute Gasteiger partial charge is 0.353 e. The largest absolute Gasteiger partial charge is 0.477 e. The zero-order valence-electron chi connectivity index (χ0n) is 13.5. The summed E-state index contributed by atoms with van der Waals surface area (Å²) in [6.45, 7) is 2.74. The molecule has 11 heteroatoms. The van der Waals surface area contributed by atoms with Crippen LogP contribution in [0, 0.1) is 0 Å². The number of β-lactam (4-membered cyclic amide) rings is 1. The monoisotopic (exact) mass is 443 g/mol. The molecule has 1 amide bonds. The normalized spacial score (nSPS) is 27.9. The first kappa shape index (κ1) is 17.6. The van der Waals surface area contributed by atoms with E-state index in [0.717, 1.165) is 5.69 Å². The van der Waals surface area contributed by atoms with Gasteiger partial charge in [0.25, 0.3) is 5.91 Å². The van der Waals surface area contributed by atoms with E-state index in [1.54, 1.807) is 10.7 Å². The summed E-state index contributed by atoms with van der Waals surface area (Å²) in [7, 11) is 0. The quantitative estimate of drug-likeness (QED) is 0.416. The van der Waals surface area contributed by atoms with E-state index in [9.17, 15) is 19.5 Å². The summed E-state index contributed by atoms with van der Waals surface area (Å²) in [6, 6.07) is 1.75. The summed E-state index contributed by atoms with van der Waals surface area (Å²) in [4.78, 5) is 37.0. The molecule has 1 fully saturated rings. The third kappa shape index (κ3) is 2.41. The van der Waals surface area contributed by atoms with Gasteiger partial charge in [0.1, 0.15) is 16.8 Å². The molecule has 4 heterocycles. The van der Waals surface area contributed by atoms with Crippen LogP contribution in [-0.4, -0.2) is 53.9 Å². The highest BCUT2D eigenvalue weighted by Crippen LogP contribution is 2.57. The molecule has 1 saturated heterocycles. The maximum atomic E-state index is 12.8. The Morgan fingerprint density at radius 3 is 3.00 bits per heavy atom. The van der Waals surface area contributed by atoms with E-state index in [1.165, 1.54) is 29.0 Å². The lowest BCUT2D eigenvalue weighted by molar-refractivity contribution is -0.162. The second kappa shape index (κ2) is 6.10. The number of esters is 1. The number of carboxylic acids is 1. The Morgan fingerprint density at radius 1 is 1.58 bits per heavy atom. The SMILES string of the molecule is CC(=O)OC(c1cc2n(n1)CCOC2)C1(Br)C(=O)N2C(C(=O)O)=CS[C@@H]21. The molecule has 0 bridgehead atoms. The molecule has 2 unspecified atom stereocenters. The first-order valence-electron chi connectivity index (χ1n) is 7.77. The van der Waals surface area contributed by atoms with Crippen LogP contribution in [-0.2, 0) is 37.0 Å². The van der Waals surface area contributed by atoms with Crippen LogP contribution in [0.2, 0.25) is 0 Å². The maximum absolute atomic E-state index is 12.8. The van der Waals surface area contributed by atoms with Crippen molar-refractivity contribution in [1.82, 2.24) is 14.7 Å². The van der Waals surface area contributed by atoms with Crippen LogP contribution in [0.5, 0.6) is 0 Å². The molecule has 0 spiro atoms.